The lowest BCUT2D eigenvalue weighted by molar-refractivity contribution is -0.121. The molecule has 0 aliphatic carbocycles. The van der Waals surface area contributed by atoms with Gasteiger partial charge in [-0.25, -0.2) is 0 Å². The lowest BCUT2D eigenvalue weighted by Gasteiger charge is -2.12. The van der Waals surface area contributed by atoms with Crippen molar-refractivity contribution in [3.8, 4) is 5.75 Å². The Labute approximate surface area is 161 Å². The van der Waals surface area contributed by atoms with E-state index in [1.165, 1.54) is 0 Å². The first-order chi connectivity index (χ1) is 12.4. The van der Waals surface area contributed by atoms with E-state index in [1.807, 2.05) is 32.0 Å². The summed E-state index contributed by atoms with van der Waals surface area (Å²) in [6, 6.07) is 12.3. The van der Waals surface area contributed by atoms with Gasteiger partial charge in [0.15, 0.2) is 11.7 Å². The molecule has 6 nitrogen and oxygen atoms in total. The molecule has 2 aromatic rings. The van der Waals surface area contributed by atoms with E-state index >= 15 is 0 Å². The van der Waals surface area contributed by atoms with Crippen molar-refractivity contribution < 1.29 is 14.3 Å². The Balaban J connectivity index is 1.78. The van der Waals surface area contributed by atoms with Gasteiger partial charge in [-0.15, -0.1) is 0 Å². The van der Waals surface area contributed by atoms with Gasteiger partial charge in [0.05, 0.1) is 10.6 Å². The average Bonchev–Trinajstić information content (AvgIpc) is 2.61. The van der Waals surface area contributed by atoms with Crippen LogP contribution in [-0.2, 0) is 4.79 Å². The van der Waals surface area contributed by atoms with Gasteiger partial charge in [-0.3, -0.25) is 25.8 Å². The summed E-state index contributed by atoms with van der Waals surface area (Å²) in [7, 11) is 0. The number of thiocarbonyl (C=S) groups is 1. The zero-order valence-electron chi connectivity index (χ0n) is 14.3. The third-order valence-electron chi connectivity index (χ3n) is 3.36. The average molecular weight is 392 g/mol. The zero-order chi connectivity index (χ0) is 19.1. The number of hydrogen-bond donors (Lipinski definition) is 3. The number of ether oxygens (including phenoxy) is 1. The molecular formula is C18H18ClN3O3S. The second-order valence-corrected chi connectivity index (χ2v) is 6.31. The molecule has 26 heavy (non-hydrogen) atoms. The fourth-order valence-corrected chi connectivity index (χ4v) is 2.41. The molecule has 0 radical (unpaired) electrons. The Bertz CT molecular complexity index is 842. The minimum absolute atomic E-state index is 0.0556. The quantitative estimate of drug-likeness (QED) is 0.551. The van der Waals surface area contributed by atoms with Crippen molar-refractivity contribution in [3.63, 3.8) is 0 Å². The number of carbonyl (C=O) groups is 2. The molecule has 2 aromatic carbocycles. The van der Waals surface area contributed by atoms with Crippen LogP contribution in [0.25, 0.3) is 0 Å². The number of nitrogens with one attached hydrogen (secondary N) is 3. The van der Waals surface area contributed by atoms with Gasteiger partial charge in [-0.1, -0.05) is 35.9 Å². The highest BCUT2D eigenvalue weighted by atomic mass is 35.5. The van der Waals surface area contributed by atoms with Crippen LogP contribution in [0, 0.1) is 13.8 Å². The maximum atomic E-state index is 12.0. The monoisotopic (exact) mass is 391 g/mol. The van der Waals surface area contributed by atoms with E-state index in [-0.39, 0.29) is 17.3 Å². The highest BCUT2D eigenvalue weighted by Crippen LogP contribution is 2.18. The summed E-state index contributed by atoms with van der Waals surface area (Å²) >= 11 is 10.9. The number of rotatable bonds is 4. The summed E-state index contributed by atoms with van der Waals surface area (Å²) in [5.41, 5.74) is 7.05. The van der Waals surface area contributed by atoms with Crippen LogP contribution >= 0.6 is 23.8 Å². The van der Waals surface area contributed by atoms with E-state index in [4.69, 9.17) is 28.6 Å². The summed E-state index contributed by atoms with van der Waals surface area (Å²) in [5, 5.41) is 2.67. The van der Waals surface area contributed by atoms with Crippen molar-refractivity contribution in [1.29, 1.82) is 0 Å². The predicted molar refractivity (Wildman–Crippen MR) is 104 cm³/mol. The Morgan fingerprint density at radius 3 is 2.58 bits per heavy atom. The van der Waals surface area contributed by atoms with Crippen molar-refractivity contribution >= 4 is 40.7 Å². The summed E-state index contributed by atoms with van der Waals surface area (Å²) in [6.07, 6.45) is 0. The highest BCUT2D eigenvalue weighted by Gasteiger charge is 2.11. The molecule has 0 aromatic heterocycles. The summed E-state index contributed by atoms with van der Waals surface area (Å²) < 4.78 is 5.49. The molecule has 136 valence electrons. The molecule has 0 atom stereocenters. The Hall–Kier alpha value is -2.64. The fraction of sp³-hybridized carbons (Fsp3) is 0.167. The van der Waals surface area contributed by atoms with Gasteiger partial charge >= 0.3 is 0 Å². The van der Waals surface area contributed by atoms with Crippen LogP contribution in [0.3, 0.4) is 0 Å². The molecule has 0 heterocycles. The fourth-order valence-electron chi connectivity index (χ4n) is 2.03. The molecule has 3 N–H and O–H groups in total. The second kappa shape index (κ2) is 9.17. The molecule has 0 spiro atoms. The Kier molecular flexibility index (Phi) is 6.94. The largest absolute Gasteiger partial charge is 0.483 e. The van der Waals surface area contributed by atoms with Gasteiger partial charge in [-0.2, -0.15) is 0 Å². The molecule has 0 aliphatic heterocycles. The Morgan fingerprint density at radius 2 is 1.85 bits per heavy atom. The van der Waals surface area contributed by atoms with Gasteiger partial charge in [0.1, 0.15) is 5.75 Å². The van der Waals surface area contributed by atoms with E-state index in [2.05, 4.69) is 16.2 Å². The molecule has 2 amide bonds. The molecule has 0 bridgehead atoms. The van der Waals surface area contributed by atoms with Gasteiger partial charge in [-0.05, 0) is 55.4 Å². The van der Waals surface area contributed by atoms with Gasteiger partial charge in [0, 0.05) is 0 Å². The van der Waals surface area contributed by atoms with Crippen molar-refractivity contribution in [2.24, 2.45) is 0 Å². The van der Waals surface area contributed by atoms with Crippen LogP contribution in [0.1, 0.15) is 21.5 Å². The lowest BCUT2D eigenvalue weighted by Crippen LogP contribution is -2.49. The van der Waals surface area contributed by atoms with Gasteiger partial charge in [0.25, 0.3) is 11.8 Å². The smallest absolute Gasteiger partial charge is 0.271 e. The molecule has 0 saturated heterocycles. The van der Waals surface area contributed by atoms with Crippen molar-refractivity contribution in [2.75, 3.05) is 6.61 Å². The first-order valence-electron chi connectivity index (χ1n) is 7.71. The number of hydrazine groups is 1. The third kappa shape index (κ3) is 5.72. The minimum atomic E-state index is -0.473. The second-order valence-electron chi connectivity index (χ2n) is 5.49. The van der Waals surface area contributed by atoms with Crippen LogP contribution in [0.15, 0.2) is 42.5 Å². The number of carbonyl (C=O) groups excluding carboxylic acids is 2. The molecule has 0 fully saturated rings. The van der Waals surface area contributed by atoms with Crippen molar-refractivity contribution in [1.82, 2.24) is 16.2 Å². The number of aryl methyl sites for hydroxylation is 2. The maximum absolute atomic E-state index is 12.0. The first-order valence-corrected chi connectivity index (χ1v) is 8.50. The summed E-state index contributed by atoms with van der Waals surface area (Å²) in [5.74, 6) is -0.291. The van der Waals surface area contributed by atoms with Crippen LogP contribution in [-0.4, -0.2) is 23.5 Å². The van der Waals surface area contributed by atoms with Gasteiger partial charge < -0.3 is 4.74 Å². The molecular weight excluding hydrogens is 374 g/mol. The number of benzene rings is 2. The summed E-state index contributed by atoms with van der Waals surface area (Å²) in [6.45, 7) is 3.63. The minimum Gasteiger partial charge on any atom is -0.483 e. The SMILES string of the molecule is Cc1ccc(C)c(OCC(=O)NC(=S)NNC(=O)c2ccccc2Cl)c1. The normalized spacial score (nSPS) is 9.96. The topological polar surface area (TPSA) is 79.5 Å². The van der Waals surface area contributed by atoms with Crippen LogP contribution in [0.2, 0.25) is 5.02 Å². The zero-order valence-corrected chi connectivity index (χ0v) is 15.8. The first kappa shape index (κ1) is 19.7. The van der Waals surface area contributed by atoms with Crippen molar-refractivity contribution in [3.05, 3.63) is 64.2 Å². The number of halogens is 1. The van der Waals surface area contributed by atoms with Gasteiger partial charge in [0.2, 0.25) is 0 Å². The van der Waals surface area contributed by atoms with E-state index < -0.39 is 11.8 Å². The van der Waals surface area contributed by atoms with E-state index in [0.717, 1.165) is 11.1 Å². The van der Waals surface area contributed by atoms with Crippen LogP contribution in [0.5, 0.6) is 5.75 Å². The van der Waals surface area contributed by atoms with Crippen LogP contribution < -0.4 is 20.9 Å². The summed E-state index contributed by atoms with van der Waals surface area (Å²) in [4.78, 5) is 23.9. The Morgan fingerprint density at radius 1 is 1.12 bits per heavy atom. The van der Waals surface area contributed by atoms with E-state index in [0.29, 0.717) is 10.8 Å². The standard InChI is InChI=1S/C18H18ClN3O3S/c1-11-7-8-12(2)15(9-11)25-10-16(23)20-18(26)22-21-17(24)13-5-3-4-6-14(13)19/h3-9H,10H2,1-2H3,(H,21,24)(H2,20,22,23,26). The van der Waals surface area contributed by atoms with Crippen LogP contribution in [0.4, 0.5) is 0 Å². The maximum Gasteiger partial charge on any atom is 0.271 e. The third-order valence-corrected chi connectivity index (χ3v) is 3.90. The van der Waals surface area contributed by atoms with E-state index in [1.54, 1.807) is 24.3 Å². The predicted octanol–water partition coefficient (Wildman–Crippen LogP) is 2.67. The lowest BCUT2D eigenvalue weighted by atomic mass is 10.1. The molecule has 2 rings (SSSR count). The highest BCUT2D eigenvalue weighted by molar-refractivity contribution is 7.80. The van der Waals surface area contributed by atoms with E-state index in [9.17, 15) is 9.59 Å². The number of amides is 2. The molecule has 0 unspecified atom stereocenters. The molecule has 0 aliphatic rings. The van der Waals surface area contributed by atoms with Crippen molar-refractivity contribution in [2.45, 2.75) is 13.8 Å². The number of hydrogen-bond acceptors (Lipinski definition) is 4. The molecule has 8 heteroatoms. The molecule has 0 saturated carbocycles.